The smallest absolute Gasteiger partial charge is 0.0817 e. The van der Waals surface area contributed by atoms with Crippen LogP contribution in [0.1, 0.15) is 12.5 Å². The first-order valence-electron chi connectivity index (χ1n) is 4.30. The normalized spacial score (nSPS) is 9.73. The standard InChI is InChI=1S/C10H15B/c1-4-11(3)10-7-5-9(2)6-8-10/h5-8H,4H2,1-3H3. The second-order valence-electron chi connectivity index (χ2n) is 3.22. The molecule has 0 aromatic heterocycles. The quantitative estimate of drug-likeness (QED) is 0.561. The molecule has 1 heteroatoms. The molecule has 11 heavy (non-hydrogen) atoms. The molecule has 0 heterocycles. The summed E-state index contributed by atoms with van der Waals surface area (Å²) in [5.41, 5.74) is 2.80. The van der Waals surface area contributed by atoms with Gasteiger partial charge in [-0.15, -0.1) is 0 Å². The van der Waals surface area contributed by atoms with E-state index in [0.717, 1.165) is 0 Å². The van der Waals surface area contributed by atoms with Crippen LogP contribution in [0, 0.1) is 6.92 Å². The maximum atomic E-state index is 2.27. The zero-order valence-corrected chi connectivity index (χ0v) is 7.59. The maximum absolute atomic E-state index is 2.27. The van der Waals surface area contributed by atoms with Gasteiger partial charge in [0.1, 0.15) is 0 Å². The largest absolute Gasteiger partial charge is 0.172 e. The van der Waals surface area contributed by atoms with Crippen molar-refractivity contribution < 1.29 is 0 Å². The van der Waals surface area contributed by atoms with Gasteiger partial charge in [0.05, 0.1) is 0 Å². The molecule has 0 nitrogen and oxygen atoms in total. The van der Waals surface area contributed by atoms with Crippen molar-refractivity contribution in [1.82, 2.24) is 0 Å². The van der Waals surface area contributed by atoms with Crippen LogP contribution < -0.4 is 5.46 Å². The van der Waals surface area contributed by atoms with Crippen molar-refractivity contribution in [3.8, 4) is 0 Å². The van der Waals surface area contributed by atoms with Crippen molar-refractivity contribution in [2.24, 2.45) is 0 Å². The summed E-state index contributed by atoms with van der Waals surface area (Å²) >= 11 is 0. The Bertz CT molecular complexity index is 213. The van der Waals surface area contributed by atoms with E-state index >= 15 is 0 Å². The molecule has 0 bridgehead atoms. The van der Waals surface area contributed by atoms with E-state index in [2.05, 4.69) is 44.9 Å². The number of rotatable bonds is 2. The van der Waals surface area contributed by atoms with Crippen LogP contribution in [0.2, 0.25) is 13.1 Å². The van der Waals surface area contributed by atoms with Crippen LogP contribution >= 0.6 is 0 Å². The Morgan fingerprint density at radius 2 is 1.73 bits per heavy atom. The van der Waals surface area contributed by atoms with Crippen molar-refractivity contribution in [3.05, 3.63) is 29.8 Å². The molecule has 0 unspecified atom stereocenters. The van der Waals surface area contributed by atoms with Gasteiger partial charge >= 0.3 is 0 Å². The summed E-state index contributed by atoms with van der Waals surface area (Å²) in [6, 6.07) is 8.82. The number of hydrogen-bond donors (Lipinski definition) is 0. The lowest BCUT2D eigenvalue weighted by molar-refractivity contribution is 1.42. The summed E-state index contributed by atoms with van der Waals surface area (Å²) in [5, 5.41) is 0. The average molecular weight is 146 g/mol. The fourth-order valence-electron chi connectivity index (χ4n) is 1.13. The van der Waals surface area contributed by atoms with Crippen LogP contribution in [0.5, 0.6) is 0 Å². The Hall–Kier alpha value is -0.715. The van der Waals surface area contributed by atoms with Crippen LogP contribution in [0.4, 0.5) is 0 Å². The van der Waals surface area contributed by atoms with E-state index in [1.807, 2.05) is 0 Å². The number of benzene rings is 1. The molecule has 0 amide bonds. The topological polar surface area (TPSA) is 0 Å². The predicted octanol–water partition coefficient (Wildman–Crippen LogP) is 2.35. The lowest BCUT2D eigenvalue weighted by atomic mass is 9.45. The molecule has 0 fully saturated rings. The van der Waals surface area contributed by atoms with Gasteiger partial charge in [-0.1, -0.05) is 55.4 Å². The summed E-state index contributed by atoms with van der Waals surface area (Å²) < 4.78 is 0. The highest BCUT2D eigenvalue weighted by atomic mass is 13.9. The van der Waals surface area contributed by atoms with Crippen molar-refractivity contribution in [2.75, 3.05) is 0 Å². The van der Waals surface area contributed by atoms with E-state index < -0.39 is 0 Å². The molecule has 0 N–H and O–H groups in total. The van der Waals surface area contributed by atoms with Crippen LogP contribution in [0.15, 0.2) is 24.3 Å². The van der Waals surface area contributed by atoms with Gasteiger partial charge in [0, 0.05) is 0 Å². The monoisotopic (exact) mass is 146 g/mol. The molecule has 1 aromatic rings. The fraction of sp³-hybridized carbons (Fsp3) is 0.400. The van der Waals surface area contributed by atoms with Gasteiger partial charge in [0.15, 0.2) is 6.71 Å². The third kappa shape index (κ3) is 2.11. The third-order valence-corrected chi connectivity index (χ3v) is 2.26. The molecule has 0 aliphatic rings. The fourth-order valence-corrected chi connectivity index (χ4v) is 1.13. The molecule has 0 saturated heterocycles. The Kier molecular flexibility index (Phi) is 2.75. The minimum Gasteiger partial charge on any atom is -0.0817 e. The van der Waals surface area contributed by atoms with Gasteiger partial charge < -0.3 is 0 Å². The summed E-state index contributed by atoms with van der Waals surface area (Å²) in [5.74, 6) is 0. The summed E-state index contributed by atoms with van der Waals surface area (Å²) in [4.78, 5) is 0. The van der Waals surface area contributed by atoms with Crippen LogP contribution in [-0.4, -0.2) is 6.71 Å². The Balaban J connectivity index is 2.81. The minimum atomic E-state index is 0.704. The lowest BCUT2D eigenvalue weighted by Crippen LogP contribution is -2.24. The molecule has 0 spiro atoms. The Morgan fingerprint density at radius 3 is 2.18 bits per heavy atom. The highest BCUT2D eigenvalue weighted by molar-refractivity contribution is 6.71. The molecule has 0 aliphatic heterocycles. The lowest BCUT2D eigenvalue weighted by Gasteiger charge is -2.04. The van der Waals surface area contributed by atoms with E-state index in [-0.39, 0.29) is 0 Å². The second-order valence-corrected chi connectivity index (χ2v) is 3.22. The van der Waals surface area contributed by atoms with E-state index in [1.165, 1.54) is 17.3 Å². The summed E-state index contributed by atoms with van der Waals surface area (Å²) in [7, 11) is 0. The number of aryl methyl sites for hydroxylation is 1. The molecule has 0 saturated carbocycles. The molecule has 0 radical (unpaired) electrons. The summed E-state index contributed by atoms with van der Waals surface area (Å²) in [6.45, 7) is 7.32. The van der Waals surface area contributed by atoms with Gasteiger partial charge in [0.25, 0.3) is 0 Å². The second kappa shape index (κ2) is 3.61. The SMILES string of the molecule is CCB(C)c1ccc(C)cc1. The van der Waals surface area contributed by atoms with E-state index in [1.54, 1.807) is 0 Å². The summed E-state index contributed by atoms with van der Waals surface area (Å²) in [6.07, 6.45) is 1.23. The molecular weight excluding hydrogens is 131 g/mol. The molecule has 0 aliphatic carbocycles. The van der Waals surface area contributed by atoms with Crippen molar-refractivity contribution in [2.45, 2.75) is 27.0 Å². The zero-order chi connectivity index (χ0) is 8.27. The van der Waals surface area contributed by atoms with Gasteiger partial charge in [-0.25, -0.2) is 0 Å². The highest BCUT2D eigenvalue weighted by Crippen LogP contribution is 1.97. The Labute approximate surface area is 69.7 Å². The van der Waals surface area contributed by atoms with E-state index in [0.29, 0.717) is 6.71 Å². The first-order chi connectivity index (χ1) is 5.24. The minimum absolute atomic E-state index is 0.704. The van der Waals surface area contributed by atoms with Crippen LogP contribution in [-0.2, 0) is 0 Å². The first kappa shape index (κ1) is 8.38. The van der Waals surface area contributed by atoms with Crippen LogP contribution in [0.3, 0.4) is 0 Å². The van der Waals surface area contributed by atoms with Gasteiger partial charge in [0.2, 0.25) is 0 Å². The molecule has 58 valence electrons. The van der Waals surface area contributed by atoms with Gasteiger partial charge in [-0.3, -0.25) is 0 Å². The van der Waals surface area contributed by atoms with E-state index in [4.69, 9.17) is 0 Å². The zero-order valence-electron chi connectivity index (χ0n) is 7.59. The third-order valence-electron chi connectivity index (χ3n) is 2.26. The average Bonchev–Trinajstić information content (AvgIpc) is 2.05. The van der Waals surface area contributed by atoms with Crippen molar-refractivity contribution in [1.29, 1.82) is 0 Å². The molecule has 1 rings (SSSR count). The highest BCUT2D eigenvalue weighted by Gasteiger charge is 2.04. The van der Waals surface area contributed by atoms with Gasteiger partial charge in [-0.2, -0.15) is 0 Å². The van der Waals surface area contributed by atoms with Crippen molar-refractivity contribution in [3.63, 3.8) is 0 Å². The van der Waals surface area contributed by atoms with Crippen molar-refractivity contribution >= 4 is 12.2 Å². The first-order valence-corrected chi connectivity index (χ1v) is 4.30. The van der Waals surface area contributed by atoms with Crippen LogP contribution in [0.25, 0.3) is 0 Å². The predicted molar refractivity (Wildman–Crippen MR) is 52.9 cm³/mol. The molecular formula is C10H15B. The molecule has 0 atom stereocenters. The van der Waals surface area contributed by atoms with E-state index in [9.17, 15) is 0 Å². The Morgan fingerprint density at radius 1 is 1.18 bits per heavy atom. The molecule has 1 aromatic carbocycles. The van der Waals surface area contributed by atoms with Gasteiger partial charge in [-0.05, 0) is 6.92 Å². The maximum Gasteiger partial charge on any atom is 0.172 e. The number of hydrogen-bond acceptors (Lipinski definition) is 0.